The number of hydrogen-bond donors (Lipinski definition) is 1. The third-order valence-corrected chi connectivity index (χ3v) is 7.32. The lowest BCUT2D eigenvalue weighted by atomic mass is 10.2. The molecule has 1 aromatic carbocycles. The van der Waals surface area contributed by atoms with E-state index in [4.69, 9.17) is 0 Å². The minimum absolute atomic E-state index is 0.00389. The summed E-state index contributed by atoms with van der Waals surface area (Å²) in [6, 6.07) is 7.11. The molecule has 31 heavy (non-hydrogen) atoms. The molecule has 0 radical (unpaired) electrons. The zero-order valence-electron chi connectivity index (χ0n) is 15.7. The van der Waals surface area contributed by atoms with Crippen molar-refractivity contribution in [2.24, 2.45) is 0 Å². The number of hydrogen-bond acceptors (Lipinski definition) is 8. The van der Waals surface area contributed by atoms with Gasteiger partial charge >= 0.3 is 0 Å². The molecular formula is C19H14FN5O4S2. The fourth-order valence-electron chi connectivity index (χ4n) is 3.40. The molecule has 3 aromatic heterocycles. The fraction of sp³-hybridized carbons (Fsp3) is 0.158. The van der Waals surface area contributed by atoms with Crippen LogP contribution in [0.1, 0.15) is 23.1 Å². The average Bonchev–Trinajstić information content (AvgIpc) is 3.47. The molecule has 0 fully saturated rings. The Morgan fingerprint density at radius 2 is 2.06 bits per heavy atom. The minimum atomic E-state index is -3.92. The Kier molecular flexibility index (Phi) is 4.57. The molecule has 0 aliphatic carbocycles. The first-order valence-corrected chi connectivity index (χ1v) is 11.4. The maximum Gasteiger partial charge on any atom is 0.283 e. The SMILES string of the molecule is O=C([C@@H](O)c1ncccc1F)N1Cc2cn(S(=O)(=O)c3ccc4ncsc4c3)nc2C1. The normalized spacial score (nSPS) is 14.7. The van der Waals surface area contributed by atoms with E-state index in [0.29, 0.717) is 16.8 Å². The van der Waals surface area contributed by atoms with Gasteiger partial charge in [0, 0.05) is 24.5 Å². The molecule has 1 amide bonds. The molecule has 1 aliphatic rings. The highest BCUT2D eigenvalue weighted by Crippen LogP contribution is 2.28. The molecule has 1 atom stereocenters. The van der Waals surface area contributed by atoms with Gasteiger partial charge in [-0.05, 0) is 30.3 Å². The number of nitrogens with zero attached hydrogens (tertiary/aromatic N) is 5. The second-order valence-corrected chi connectivity index (χ2v) is 9.61. The summed E-state index contributed by atoms with van der Waals surface area (Å²) in [4.78, 5) is 21.8. The van der Waals surface area contributed by atoms with E-state index in [1.807, 2.05) is 0 Å². The van der Waals surface area contributed by atoms with E-state index >= 15 is 0 Å². The Bertz CT molecular complexity index is 1410. The highest BCUT2D eigenvalue weighted by molar-refractivity contribution is 7.89. The average molecular weight is 459 g/mol. The lowest BCUT2D eigenvalue weighted by Gasteiger charge is -2.19. The number of amides is 1. The molecule has 0 bridgehead atoms. The third-order valence-electron chi connectivity index (χ3n) is 5.00. The number of pyridine rings is 1. The van der Waals surface area contributed by atoms with Crippen LogP contribution in [0.4, 0.5) is 4.39 Å². The zero-order valence-corrected chi connectivity index (χ0v) is 17.3. The second kappa shape index (κ2) is 7.18. The lowest BCUT2D eigenvalue weighted by Crippen LogP contribution is -2.32. The van der Waals surface area contributed by atoms with Crippen molar-refractivity contribution >= 4 is 37.5 Å². The van der Waals surface area contributed by atoms with Crippen LogP contribution in [0, 0.1) is 5.82 Å². The largest absolute Gasteiger partial charge is 0.377 e. The minimum Gasteiger partial charge on any atom is -0.377 e. The van der Waals surface area contributed by atoms with E-state index in [1.165, 1.54) is 40.8 Å². The summed E-state index contributed by atoms with van der Waals surface area (Å²) < 4.78 is 41.4. The molecule has 0 saturated heterocycles. The van der Waals surface area contributed by atoms with E-state index in [-0.39, 0.29) is 23.7 Å². The maximum absolute atomic E-state index is 13.8. The van der Waals surface area contributed by atoms with E-state index in [9.17, 15) is 22.7 Å². The van der Waals surface area contributed by atoms with Crippen molar-refractivity contribution in [3.05, 3.63) is 71.0 Å². The molecule has 1 N–H and O–H groups in total. The fourth-order valence-corrected chi connectivity index (χ4v) is 5.39. The van der Waals surface area contributed by atoms with Crippen LogP contribution in [0.5, 0.6) is 0 Å². The van der Waals surface area contributed by atoms with Crippen LogP contribution in [0.2, 0.25) is 0 Å². The molecule has 1 aliphatic heterocycles. The first-order valence-electron chi connectivity index (χ1n) is 9.08. The van der Waals surface area contributed by atoms with Crippen LogP contribution in [0.15, 0.2) is 53.1 Å². The summed E-state index contributed by atoms with van der Waals surface area (Å²) in [6.45, 7) is 0.0408. The van der Waals surface area contributed by atoms with Gasteiger partial charge in [-0.1, -0.05) is 0 Å². The maximum atomic E-state index is 13.8. The van der Waals surface area contributed by atoms with Gasteiger partial charge in [0.2, 0.25) is 0 Å². The van der Waals surface area contributed by atoms with Gasteiger partial charge < -0.3 is 10.0 Å². The third kappa shape index (κ3) is 3.28. The Morgan fingerprint density at radius 3 is 2.84 bits per heavy atom. The summed E-state index contributed by atoms with van der Waals surface area (Å²) in [7, 11) is -3.92. The Hall–Kier alpha value is -3.22. The monoisotopic (exact) mass is 459 g/mol. The van der Waals surface area contributed by atoms with Crippen LogP contribution in [0.25, 0.3) is 10.2 Å². The molecule has 12 heteroatoms. The molecular weight excluding hydrogens is 445 g/mol. The molecule has 9 nitrogen and oxygen atoms in total. The summed E-state index contributed by atoms with van der Waals surface area (Å²) in [5.41, 5.74) is 2.92. The van der Waals surface area contributed by atoms with Gasteiger partial charge in [-0.25, -0.2) is 9.37 Å². The number of carbonyl (C=O) groups is 1. The number of thiazole rings is 1. The Labute approximate surface area is 179 Å². The van der Waals surface area contributed by atoms with Gasteiger partial charge in [-0.3, -0.25) is 9.78 Å². The van der Waals surface area contributed by atoms with Crippen molar-refractivity contribution in [1.82, 2.24) is 24.1 Å². The van der Waals surface area contributed by atoms with Crippen molar-refractivity contribution in [3.63, 3.8) is 0 Å². The Morgan fingerprint density at radius 1 is 1.23 bits per heavy atom. The molecule has 0 unspecified atom stereocenters. The number of benzene rings is 1. The molecule has 0 saturated carbocycles. The Balaban J connectivity index is 1.37. The van der Waals surface area contributed by atoms with Crippen molar-refractivity contribution < 1.29 is 22.7 Å². The number of carbonyl (C=O) groups excluding carboxylic acids is 1. The van der Waals surface area contributed by atoms with Crippen LogP contribution < -0.4 is 0 Å². The van der Waals surface area contributed by atoms with Crippen LogP contribution in [-0.4, -0.2) is 43.5 Å². The van der Waals surface area contributed by atoms with Crippen LogP contribution in [-0.2, 0) is 27.9 Å². The van der Waals surface area contributed by atoms with Gasteiger partial charge in [0.15, 0.2) is 6.10 Å². The van der Waals surface area contributed by atoms with Gasteiger partial charge in [0.25, 0.3) is 15.9 Å². The highest BCUT2D eigenvalue weighted by atomic mass is 32.2. The molecule has 158 valence electrons. The molecule has 4 aromatic rings. The van der Waals surface area contributed by atoms with Gasteiger partial charge in [-0.2, -0.15) is 17.6 Å². The zero-order chi connectivity index (χ0) is 21.8. The van der Waals surface area contributed by atoms with E-state index in [0.717, 1.165) is 14.9 Å². The first-order chi connectivity index (χ1) is 14.8. The summed E-state index contributed by atoms with van der Waals surface area (Å²) in [5, 5.41) is 14.4. The van der Waals surface area contributed by atoms with Crippen molar-refractivity contribution in [3.8, 4) is 0 Å². The number of aromatic nitrogens is 4. The quantitative estimate of drug-likeness (QED) is 0.495. The smallest absolute Gasteiger partial charge is 0.283 e. The summed E-state index contributed by atoms with van der Waals surface area (Å²) in [6.07, 6.45) is 0.877. The van der Waals surface area contributed by atoms with Crippen molar-refractivity contribution in [2.75, 3.05) is 0 Å². The summed E-state index contributed by atoms with van der Waals surface area (Å²) >= 11 is 1.34. The highest BCUT2D eigenvalue weighted by Gasteiger charge is 2.34. The topological polar surface area (TPSA) is 118 Å². The van der Waals surface area contributed by atoms with Crippen molar-refractivity contribution in [2.45, 2.75) is 24.1 Å². The van der Waals surface area contributed by atoms with Gasteiger partial charge in [0.1, 0.15) is 11.5 Å². The van der Waals surface area contributed by atoms with Gasteiger partial charge in [0.05, 0.1) is 32.9 Å². The van der Waals surface area contributed by atoms with E-state index in [2.05, 4.69) is 15.1 Å². The molecule has 5 rings (SSSR count). The number of rotatable bonds is 4. The number of fused-ring (bicyclic) bond motifs is 2. The standard InChI is InChI=1S/C19H14FN5O4S2/c20-13-2-1-5-21-17(13)18(26)19(27)24-7-11-8-25(23-15(11)9-24)31(28,29)12-3-4-14-16(6-12)30-10-22-14/h1-6,8,10,18,26H,7,9H2/t18-/m0/s1. The number of aliphatic hydroxyl groups excluding tert-OH is 1. The van der Waals surface area contributed by atoms with Crippen LogP contribution in [0.3, 0.4) is 0 Å². The van der Waals surface area contributed by atoms with E-state index < -0.39 is 27.9 Å². The van der Waals surface area contributed by atoms with Crippen LogP contribution >= 0.6 is 11.3 Å². The van der Waals surface area contributed by atoms with E-state index in [1.54, 1.807) is 17.6 Å². The second-order valence-electron chi connectivity index (χ2n) is 6.93. The predicted molar refractivity (Wildman–Crippen MR) is 108 cm³/mol. The lowest BCUT2D eigenvalue weighted by molar-refractivity contribution is -0.141. The van der Waals surface area contributed by atoms with Gasteiger partial charge in [-0.15, -0.1) is 11.3 Å². The summed E-state index contributed by atoms with van der Waals surface area (Å²) in [5.74, 6) is -1.52. The molecule has 4 heterocycles. The number of aliphatic hydroxyl groups is 1. The van der Waals surface area contributed by atoms with Crippen molar-refractivity contribution in [1.29, 1.82) is 0 Å². The first kappa shape index (κ1) is 19.7. The number of halogens is 1. The predicted octanol–water partition coefficient (Wildman–Crippen LogP) is 1.84. The molecule has 0 spiro atoms.